The normalized spacial score (nSPS) is 12.0. The highest BCUT2D eigenvalue weighted by Crippen LogP contribution is 2.31. The summed E-state index contributed by atoms with van der Waals surface area (Å²) in [6, 6.07) is 18.2. The molecule has 0 aliphatic carbocycles. The van der Waals surface area contributed by atoms with E-state index in [1.165, 1.54) is 12.1 Å². The van der Waals surface area contributed by atoms with Gasteiger partial charge < -0.3 is 0 Å². The van der Waals surface area contributed by atoms with Gasteiger partial charge in [0.25, 0.3) is 0 Å². The molecule has 0 atom stereocenters. The maximum atomic E-state index is 12.9. The Kier molecular flexibility index (Phi) is 11.5. The molecule has 0 aliphatic heterocycles. The summed E-state index contributed by atoms with van der Waals surface area (Å²) in [6.45, 7) is 3.13. The largest absolute Gasteiger partial charge is 0.416 e. The molecule has 0 N–H and O–H groups in total. The molecule has 0 fully saturated rings. The number of alkyl halides is 12. The van der Waals surface area contributed by atoms with Crippen molar-refractivity contribution in [1.29, 1.82) is 0 Å². The molecule has 0 radical (unpaired) electrons. The van der Waals surface area contributed by atoms with E-state index in [0.717, 1.165) is 84.9 Å². The van der Waals surface area contributed by atoms with E-state index in [1.54, 1.807) is 6.07 Å². The Morgan fingerprint density at radius 2 is 0.535 bits per heavy atom. The van der Waals surface area contributed by atoms with Gasteiger partial charge in [0.05, 0.1) is 22.3 Å². The quantitative estimate of drug-likeness (QED) is 0.158. The zero-order chi connectivity index (χ0) is 32.6. The van der Waals surface area contributed by atoms with E-state index >= 15 is 0 Å². The lowest BCUT2D eigenvalue weighted by molar-refractivity contribution is -0.138. The number of halogens is 12. The molecule has 230 valence electrons. The Hall–Kier alpha value is -3.90. The molecule has 0 saturated carbocycles. The third-order valence-corrected chi connectivity index (χ3v) is 5.82. The topological polar surface area (TPSA) is 0 Å². The molecule has 4 rings (SSSR count). The lowest BCUT2D eigenvalue weighted by Gasteiger charge is -2.18. The number of rotatable bonds is 3. The van der Waals surface area contributed by atoms with Crippen LogP contribution in [0.2, 0.25) is 0 Å². The molecule has 0 saturated heterocycles. The van der Waals surface area contributed by atoms with Crippen molar-refractivity contribution in [3.8, 4) is 0 Å². The minimum absolute atomic E-state index is 0.285. The second-order valence-electron chi connectivity index (χ2n) is 8.66. The van der Waals surface area contributed by atoms with Crippen LogP contribution in [-0.2, 0) is 24.7 Å². The highest BCUT2D eigenvalue weighted by molar-refractivity contribution is 6.95. The SMILES string of the molecule is CC.FC(F)(F)c1ccc(B(c2ccc(C(F)(F)F)cc2)c2ccc(C(F)(F)F)cc2)cc1.FC(F)(F)c1ccccc1. The fraction of sp³-hybridized carbons (Fsp3) is 0.200. The molecule has 0 nitrogen and oxygen atoms in total. The van der Waals surface area contributed by atoms with Crippen LogP contribution in [0, 0.1) is 0 Å². The van der Waals surface area contributed by atoms with E-state index in [4.69, 9.17) is 0 Å². The number of benzene rings is 4. The fourth-order valence-corrected chi connectivity index (χ4v) is 3.80. The number of hydrogen-bond acceptors (Lipinski definition) is 0. The van der Waals surface area contributed by atoms with Gasteiger partial charge in [0, 0.05) is 0 Å². The third kappa shape index (κ3) is 10.1. The lowest BCUT2D eigenvalue weighted by atomic mass is 9.37. The zero-order valence-electron chi connectivity index (χ0n) is 22.4. The van der Waals surface area contributed by atoms with Crippen LogP contribution < -0.4 is 16.4 Å². The van der Waals surface area contributed by atoms with Crippen molar-refractivity contribution in [2.75, 3.05) is 0 Å². The van der Waals surface area contributed by atoms with Gasteiger partial charge >= 0.3 is 24.7 Å². The average Bonchev–Trinajstić information content (AvgIpc) is 2.94. The summed E-state index contributed by atoms with van der Waals surface area (Å²) in [5.41, 5.74) is -2.51. The van der Waals surface area contributed by atoms with Crippen LogP contribution in [0.5, 0.6) is 0 Å². The molecule has 4 aromatic rings. The summed E-state index contributed by atoms with van der Waals surface area (Å²) >= 11 is 0. The predicted octanol–water partition coefficient (Wildman–Crippen LogP) is 8.99. The summed E-state index contributed by atoms with van der Waals surface area (Å²) in [5, 5.41) is 0. The zero-order valence-corrected chi connectivity index (χ0v) is 22.4. The predicted molar refractivity (Wildman–Crippen MR) is 142 cm³/mol. The van der Waals surface area contributed by atoms with E-state index in [1.807, 2.05) is 13.8 Å². The van der Waals surface area contributed by atoms with Crippen molar-refractivity contribution in [3.63, 3.8) is 0 Å². The van der Waals surface area contributed by atoms with Gasteiger partial charge in [-0.2, -0.15) is 52.7 Å². The maximum Gasteiger partial charge on any atom is 0.416 e. The van der Waals surface area contributed by atoms with E-state index in [9.17, 15) is 52.7 Å². The highest BCUT2D eigenvalue weighted by Gasteiger charge is 2.34. The van der Waals surface area contributed by atoms with Crippen LogP contribution in [0.25, 0.3) is 0 Å². The molecule has 0 unspecified atom stereocenters. The van der Waals surface area contributed by atoms with E-state index in [-0.39, 0.29) is 16.4 Å². The summed E-state index contributed by atoms with van der Waals surface area (Å²) in [4.78, 5) is 0. The van der Waals surface area contributed by atoms with Gasteiger partial charge in [-0.25, -0.2) is 0 Å². The van der Waals surface area contributed by atoms with Crippen molar-refractivity contribution >= 4 is 23.1 Å². The van der Waals surface area contributed by atoms with Gasteiger partial charge in [-0.15, -0.1) is 0 Å². The Morgan fingerprint density at radius 1 is 0.326 bits per heavy atom. The van der Waals surface area contributed by atoms with Gasteiger partial charge in [0.1, 0.15) is 0 Å². The van der Waals surface area contributed by atoms with Crippen molar-refractivity contribution in [1.82, 2.24) is 0 Å². The Morgan fingerprint density at radius 3 is 0.721 bits per heavy atom. The second-order valence-corrected chi connectivity index (χ2v) is 8.66. The van der Waals surface area contributed by atoms with Crippen LogP contribution in [0.15, 0.2) is 103 Å². The molecule has 0 aliphatic rings. The van der Waals surface area contributed by atoms with Crippen molar-refractivity contribution in [2.45, 2.75) is 38.6 Å². The second kappa shape index (κ2) is 14.1. The summed E-state index contributed by atoms with van der Waals surface area (Å²) in [5.74, 6) is 0. The molecular weight excluding hydrogens is 599 g/mol. The Balaban J connectivity index is 0.000000451. The minimum Gasteiger partial charge on any atom is -0.166 e. The lowest BCUT2D eigenvalue weighted by Crippen LogP contribution is -2.52. The van der Waals surface area contributed by atoms with Gasteiger partial charge in [-0.1, -0.05) is 133 Å². The van der Waals surface area contributed by atoms with Crippen LogP contribution in [0.3, 0.4) is 0 Å². The Bertz CT molecular complexity index is 1250. The van der Waals surface area contributed by atoms with Gasteiger partial charge in [0.15, 0.2) is 0 Å². The molecule has 13 heteroatoms. The fourth-order valence-electron chi connectivity index (χ4n) is 3.80. The first-order valence-electron chi connectivity index (χ1n) is 12.5. The van der Waals surface area contributed by atoms with E-state index in [0.29, 0.717) is 0 Å². The van der Waals surface area contributed by atoms with Crippen molar-refractivity contribution < 1.29 is 52.7 Å². The first-order valence-corrected chi connectivity index (χ1v) is 12.5. The van der Waals surface area contributed by atoms with Gasteiger partial charge in [0.2, 0.25) is 6.71 Å². The minimum atomic E-state index is -4.59. The number of hydrogen-bond donors (Lipinski definition) is 0. The standard InChI is InChI=1S/C21H12BF9.C7H5F3.C2H6/c23-19(24,25)13-1-7-16(8-2-13)22(17-9-3-14(4-10-17)20(26,27)28)18-11-5-15(6-12-18)21(29,30)31;8-7(9,10)6-4-2-1-3-5-6;1-2/h1-12H;1-5H;1-2H3. The highest BCUT2D eigenvalue weighted by atomic mass is 19.4. The molecule has 0 amide bonds. The summed E-state index contributed by atoms with van der Waals surface area (Å²) < 4.78 is 151. The first kappa shape index (κ1) is 35.3. The molecular formula is C30H23BF12. The van der Waals surface area contributed by atoms with Crippen LogP contribution in [-0.4, -0.2) is 6.71 Å². The van der Waals surface area contributed by atoms with Crippen molar-refractivity contribution in [2.24, 2.45) is 0 Å². The van der Waals surface area contributed by atoms with Crippen LogP contribution in [0.4, 0.5) is 52.7 Å². The van der Waals surface area contributed by atoms with Crippen LogP contribution >= 0.6 is 0 Å². The summed E-state index contributed by atoms with van der Waals surface area (Å²) in [7, 11) is 0. The molecule has 4 aromatic carbocycles. The van der Waals surface area contributed by atoms with Crippen molar-refractivity contribution in [3.05, 3.63) is 125 Å². The smallest absolute Gasteiger partial charge is 0.166 e. The molecule has 0 bridgehead atoms. The molecule has 0 spiro atoms. The summed E-state index contributed by atoms with van der Waals surface area (Å²) in [6.07, 6.45) is -18.0. The third-order valence-electron chi connectivity index (χ3n) is 5.82. The van der Waals surface area contributed by atoms with E-state index in [2.05, 4.69) is 0 Å². The molecule has 43 heavy (non-hydrogen) atoms. The van der Waals surface area contributed by atoms with Crippen LogP contribution in [0.1, 0.15) is 36.1 Å². The van der Waals surface area contributed by atoms with Gasteiger partial charge in [-0.05, 0) is 0 Å². The first-order chi connectivity index (χ1) is 19.9. The molecule has 0 heterocycles. The maximum absolute atomic E-state index is 12.9. The average molecular weight is 622 g/mol. The van der Waals surface area contributed by atoms with E-state index < -0.39 is 53.7 Å². The molecule has 0 aromatic heterocycles. The van der Waals surface area contributed by atoms with Gasteiger partial charge in [-0.3, -0.25) is 0 Å². The Labute approximate surface area is 240 Å². The monoisotopic (exact) mass is 622 g/mol.